The zero-order valence-corrected chi connectivity index (χ0v) is 14.3. The first-order chi connectivity index (χ1) is 12.0. The Morgan fingerprint density at radius 3 is 2.44 bits per heavy atom. The van der Waals surface area contributed by atoms with E-state index in [1.54, 1.807) is 49.6 Å². The van der Waals surface area contributed by atoms with Gasteiger partial charge in [-0.15, -0.1) is 0 Å². The van der Waals surface area contributed by atoms with Crippen molar-refractivity contribution >= 4 is 40.9 Å². The summed E-state index contributed by atoms with van der Waals surface area (Å²) in [7, 11) is 1.59. The number of nitrogens with one attached hydrogen (secondary N) is 2. The molecule has 2 aromatic carbocycles. The summed E-state index contributed by atoms with van der Waals surface area (Å²) in [6.45, 7) is 0. The van der Waals surface area contributed by atoms with Crippen molar-refractivity contribution < 1.29 is 14.3 Å². The number of thiocarbonyl (C=S) groups is 1. The van der Waals surface area contributed by atoms with Gasteiger partial charge in [0.1, 0.15) is 5.75 Å². The lowest BCUT2D eigenvalue weighted by molar-refractivity contribution is -0.115. The molecule has 0 unspecified atom stereocenters. The monoisotopic (exact) mass is 355 g/mol. The van der Waals surface area contributed by atoms with Crippen LogP contribution in [0.1, 0.15) is 15.9 Å². The predicted molar refractivity (Wildman–Crippen MR) is 101 cm³/mol. The third-order valence-corrected chi connectivity index (χ3v) is 3.42. The minimum Gasteiger partial charge on any atom is -0.497 e. The van der Waals surface area contributed by atoms with E-state index in [0.29, 0.717) is 5.69 Å². The van der Waals surface area contributed by atoms with Crippen LogP contribution in [0.3, 0.4) is 0 Å². The van der Waals surface area contributed by atoms with Gasteiger partial charge in [0.2, 0.25) is 5.91 Å². The van der Waals surface area contributed by atoms with Crippen LogP contribution in [-0.4, -0.2) is 24.0 Å². The smallest absolute Gasteiger partial charge is 0.250 e. The molecule has 128 valence electrons. The summed E-state index contributed by atoms with van der Waals surface area (Å²) in [5.74, 6) is -0.249. The van der Waals surface area contributed by atoms with Crippen LogP contribution in [0.5, 0.6) is 5.75 Å². The van der Waals surface area contributed by atoms with Crippen molar-refractivity contribution in [1.29, 1.82) is 0 Å². The summed E-state index contributed by atoms with van der Waals surface area (Å²) >= 11 is 5.08. The Labute approximate surface area is 150 Å². The Bertz CT molecular complexity index is 817. The molecule has 0 aromatic heterocycles. The molecule has 6 nitrogen and oxygen atoms in total. The first-order valence-corrected chi connectivity index (χ1v) is 7.73. The highest BCUT2D eigenvalue weighted by molar-refractivity contribution is 7.80. The van der Waals surface area contributed by atoms with Crippen LogP contribution < -0.4 is 21.1 Å². The molecule has 0 saturated heterocycles. The van der Waals surface area contributed by atoms with Crippen LogP contribution in [0, 0.1) is 0 Å². The molecule has 0 radical (unpaired) electrons. The molecule has 0 aliphatic rings. The molecular formula is C18H17N3O3S. The number of hydrogen-bond donors (Lipinski definition) is 3. The third kappa shape index (κ3) is 5.43. The van der Waals surface area contributed by atoms with Crippen molar-refractivity contribution in [2.24, 2.45) is 5.73 Å². The molecule has 0 atom stereocenters. The highest BCUT2D eigenvalue weighted by Gasteiger charge is 2.09. The van der Waals surface area contributed by atoms with Gasteiger partial charge in [-0.1, -0.05) is 24.3 Å². The summed E-state index contributed by atoms with van der Waals surface area (Å²) in [6.07, 6.45) is 3.00. The summed E-state index contributed by atoms with van der Waals surface area (Å²) < 4.78 is 5.07. The first kappa shape index (κ1) is 18.2. The number of nitrogens with two attached hydrogens (primary N) is 1. The van der Waals surface area contributed by atoms with Crippen molar-refractivity contribution in [2.45, 2.75) is 0 Å². The van der Waals surface area contributed by atoms with E-state index in [1.165, 1.54) is 6.08 Å². The molecule has 2 rings (SSSR count). The van der Waals surface area contributed by atoms with Gasteiger partial charge in [-0.25, -0.2) is 0 Å². The number of hydrogen-bond acceptors (Lipinski definition) is 4. The number of primary amides is 1. The molecule has 4 N–H and O–H groups in total. The van der Waals surface area contributed by atoms with Crippen molar-refractivity contribution in [3.8, 4) is 5.75 Å². The van der Waals surface area contributed by atoms with Crippen LogP contribution >= 0.6 is 12.2 Å². The third-order valence-electron chi connectivity index (χ3n) is 3.22. The van der Waals surface area contributed by atoms with Gasteiger partial charge < -0.3 is 15.8 Å². The molecular weight excluding hydrogens is 338 g/mol. The Kier molecular flexibility index (Phi) is 6.25. The fourth-order valence-electron chi connectivity index (χ4n) is 2.00. The predicted octanol–water partition coefficient (Wildman–Crippen LogP) is 2.32. The number of amides is 2. The zero-order valence-electron chi connectivity index (χ0n) is 13.5. The highest BCUT2D eigenvalue weighted by atomic mass is 32.1. The average molecular weight is 355 g/mol. The second-order valence-electron chi connectivity index (χ2n) is 4.96. The fraction of sp³-hybridized carbons (Fsp3) is 0.0556. The molecule has 2 amide bonds. The Morgan fingerprint density at radius 1 is 1.12 bits per heavy atom. The van der Waals surface area contributed by atoms with Crippen LogP contribution in [0.15, 0.2) is 54.6 Å². The lowest BCUT2D eigenvalue weighted by atomic mass is 10.1. The van der Waals surface area contributed by atoms with E-state index in [-0.39, 0.29) is 10.7 Å². The van der Waals surface area contributed by atoms with Crippen molar-refractivity contribution in [3.63, 3.8) is 0 Å². The minimum absolute atomic E-state index is 0.0677. The summed E-state index contributed by atoms with van der Waals surface area (Å²) in [5.41, 5.74) is 6.85. The van der Waals surface area contributed by atoms with E-state index in [1.807, 2.05) is 12.1 Å². The topological polar surface area (TPSA) is 93.4 Å². The molecule has 0 aliphatic carbocycles. The van der Waals surface area contributed by atoms with Crippen LogP contribution in [-0.2, 0) is 4.79 Å². The van der Waals surface area contributed by atoms with Gasteiger partial charge in [-0.2, -0.15) is 0 Å². The maximum atomic E-state index is 11.9. The van der Waals surface area contributed by atoms with Crippen molar-refractivity contribution in [3.05, 3.63) is 65.7 Å². The van der Waals surface area contributed by atoms with Gasteiger partial charge in [0.25, 0.3) is 5.91 Å². The molecule has 0 fully saturated rings. The number of ether oxygens (including phenoxy) is 1. The minimum atomic E-state index is -0.586. The second kappa shape index (κ2) is 8.60. The molecule has 0 aliphatic heterocycles. The fourth-order valence-corrected chi connectivity index (χ4v) is 2.21. The lowest BCUT2D eigenvalue weighted by Gasteiger charge is -2.10. The van der Waals surface area contributed by atoms with Gasteiger partial charge >= 0.3 is 0 Å². The standard InChI is InChI=1S/C18H17N3O3S/c1-24-13-9-6-12(7-10-13)8-11-16(22)21-18(25)20-15-5-3-2-4-14(15)17(19)23/h2-11H,1H3,(H2,19,23)(H2,20,21,22,25)/b11-8+. The molecule has 25 heavy (non-hydrogen) atoms. The Hall–Kier alpha value is -3.19. The van der Waals surface area contributed by atoms with Crippen molar-refractivity contribution in [1.82, 2.24) is 5.32 Å². The normalized spacial score (nSPS) is 10.3. The molecule has 0 saturated carbocycles. The highest BCUT2D eigenvalue weighted by Crippen LogP contribution is 2.14. The maximum Gasteiger partial charge on any atom is 0.250 e. The Balaban J connectivity index is 1.95. The number of para-hydroxylation sites is 1. The average Bonchev–Trinajstić information content (AvgIpc) is 2.60. The lowest BCUT2D eigenvalue weighted by Crippen LogP contribution is -2.33. The number of carbonyl (C=O) groups excluding carboxylic acids is 2. The molecule has 0 bridgehead atoms. The number of anilines is 1. The maximum absolute atomic E-state index is 11.9. The second-order valence-corrected chi connectivity index (χ2v) is 5.37. The van der Waals surface area contributed by atoms with Gasteiger partial charge in [0.05, 0.1) is 18.4 Å². The number of rotatable bonds is 5. The molecule has 0 spiro atoms. The van der Waals surface area contributed by atoms with Crippen LogP contribution in [0.2, 0.25) is 0 Å². The Morgan fingerprint density at radius 2 is 1.80 bits per heavy atom. The van der Waals surface area contributed by atoms with E-state index in [0.717, 1.165) is 11.3 Å². The van der Waals surface area contributed by atoms with Crippen molar-refractivity contribution in [2.75, 3.05) is 12.4 Å². The van der Waals surface area contributed by atoms with Gasteiger partial charge in [-0.3, -0.25) is 14.9 Å². The van der Waals surface area contributed by atoms with E-state index < -0.39 is 11.8 Å². The van der Waals surface area contributed by atoms with Gasteiger partial charge in [0, 0.05) is 6.08 Å². The van der Waals surface area contributed by atoms with E-state index in [2.05, 4.69) is 10.6 Å². The summed E-state index contributed by atoms with van der Waals surface area (Å²) in [5, 5.41) is 5.36. The van der Waals surface area contributed by atoms with Gasteiger partial charge in [-0.05, 0) is 48.1 Å². The molecule has 0 heterocycles. The van der Waals surface area contributed by atoms with Gasteiger partial charge in [0.15, 0.2) is 5.11 Å². The largest absolute Gasteiger partial charge is 0.497 e. The summed E-state index contributed by atoms with van der Waals surface area (Å²) in [4.78, 5) is 23.3. The van der Waals surface area contributed by atoms with E-state index in [9.17, 15) is 9.59 Å². The summed E-state index contributed by atoms with van der Waals surface area (Å²) in [6, 6.07) is 13.9. The quantitative estimate of drug-likeness (QED) is 0.565. The number of carbonyl (C=O) groups is 2. The zero-order chi connectivity index (χ0) is 18.2. The van der Waals surface area contributed by atoms with E-state index in [4.69, 9.17) is 22.7 Å². The van der Waals surface area contributed by atoms with E-state index >= 15 is 0 Å². The van der Waals surface area contributed by atoms with Crippen LogP contribution in [0.4, 0.5) is 5.69 Å². The number of benzene rings is 2. The molecule has 2 aromatic rings. The SMILES string of the molecule is COc1ccc(/C=C/C(=O)NC(=S)Nc2ccccc2C(N)=O)cc1. The molecule has 7 heteroatoms. The first-order valence-electron chi connectivity index (χ1n) is 7.32. The number of methoxy groups -OCH3 is 1. The van der Waals surface area contributed by atoms with Crippen LogP contribution in [0.25, 0.3) is 6.08 Å².